The van der Waals surface area contributed by atoms with Crippen molar-refractivity contribution in [3.05, 3.63) is 65.7 Å². The number of methoxy groups -OCH3 is 1. The highest BCUT2D eigenvalue weighted by atomic mass is 16.5. The highest BCUT2D eigenvalue weighted by molar-refractivity contribution is 6.05. The third-order valence-electron chi connectivity index (χ3n) is 4.81. The van der Waals surface area contributed by atoms with E-state index in [0.717, 1.165) is 0 Å². The zero-order chi connectivity index (χ0) is 20.1. The third-order valence-corrected chi connectivity index (χ3v) is 4.81. The molecule has 0 aliphatic carbocycles. The molecule has 2 unspecified atom stereocenters. The van der Waals surface area contributed by atoms with Gasteiger partial charge < -0.3 is 20.1 Å². The van der Waals surface area contributed by atoms with Crippen molar-refractivity contribution in [2.75, 3.05) is 19.0 Å². The normalized spacial score (nSPS) is 18.7. The van der Waals surface area contributed by atoms with Crippen molar-refractivity contribution < 1.29 is 24.2 Å². The molecule has 1 saturated heterocycles. The quantitative estimate of drug-likeness (QED) is 0.801. The van der Waals surface area contributed by atoms with E-state index in [9.17, 15) is 14.4 Å². The molecule has 7 heteroatoms. The number of carboxylic acid groups (broad SMARTS) is 1. The van der Waals surface area contributed by atoms with Crippen LogP contribution in [0.25, 0.3) is 0 Å². The zero-order valence-electron chi connectivity index (χ0n) is 15.5. The smallest absolute Gasteiger partial charge is 0.305 e. The van der Waals surface area contributed by atoms with Crippen molar-refractivity contribution >= 4 is 23.5 Å². The predicted molar refractivity (Wildman–Crippen MR) is 103 cm³/mol. The first-order chi connectivity index (χ1) is 13.5. The SMILES string of the molecule is COC1CC(CC(=O)O)N(C(=O)c2ccc(C(=O)Nc3ccccc3)cc2)C1. The summed E-state index contributed by atoms with van der Waals surface area (Å²) in [6.07, 6.45) is 0.194. The maximum atomic E-state index is 12.8. The molecule has 1 aliphatic heterocycles. The van der Waals surface area contributed by atoms with Gasteiger partial charge in [0.2, 0.25) is 0 Å². The Morgan fingerprint density at radius 1 is 1.07 bits per heavy atom. The van der Waals surface area contributed by atoms with Crippen LogP contribution in [0.1, 0.15) is 33.6 Å². The van der Waals surface area contributed by atoms with Gasteiger partial charge in [0.1, 0.15) is 0 Å². The van der Waals surface area contributed by atoms with Crippen molar-refractivity contribution in [2.45, 2.75) is 25.0 Å². The van der Waals surface area contributed by atoms with Crippen molar-refractivity contribution in [2.24, 2.45) is 0 Å². The lowest BCUT2D eigenvalue weighted by atomic mass is 10.1. The Balaban J connectivity index is 1.70. The maximum absolute atomic E-state index is 12.8. The fraction of sp³-hybridized carbons (Fsp3) is 0.286. The van der Waals surface area contributed by atoms with Gasteiger partial charge in [-0.1, -0.05) is 18.2 Å². The number of ether oxygens (including phenoxy) is 1. The number of carboxylic acids is 1. The lowest BCUT2D eigenvalue weighted by molar-refractivity contribution is -0.138. The Kier molecular flexibility index (Phi) is 6.06. The highest BCUT2D eigenvalue weighted by Crippen LogP contribution is 2.25. The highest BCUT2D eigenvalue weighted by Gasteiger charge is 2.36. The first kappa shape index (κ1) is 19.6. The fourth-order valence-corrected chi connectivity index (χ4v) is 3.34. The minimum Gasteiger partial charge on any atom is -0.481 e. The first-order valence-corrected chi connectivity index (χ1v) is 9.00. The van der Waals surface area contributed by atoms with Crippen LogP contribution in [-0.2, 0) is 9.53 Å². The summed E-state index contributed by atoms with van der Waals surface area (Å²) in [5.41, 5.74) is 1.52. The van der Waals surface area contributed by atoms with E-state index in [2.05, 4.69) is 5.32 Å². The number of amides is 2. The molecule has 2 N–H and O–H groups in total. The van der Waals surface area contributed by atoms with Crippen molar-refractivity contribution in [1.29, 1.82) is 0 Å². The molecule has 0 radical (unpaired) electrons. The van der Waals surface area contributed by atoms with E-state index in [1.165, 1.54) is 0 Å². The average Bonchev–Trinajstić information content (AvgIpc) is 3.10. The van der Waals surface area contributed by atoms with Crippen LogP contribution in [0, 0.1) is 0 Å². The summed E-state index contributed by atoms with van der Waals surface area (Å²) in [6.45, 7) is 0.351. The van der Waals surface area contributed by atoms with Crippen LogP contribution in [0.2, 0.25) is 0 Å². The lowest BCUT2D eigenvalue weighted by Gasteiger charge is -2.23. The van der Waals surface area contributed by atoms with Gasteiger partial charge >= 0.3 is 5.97 Å². The van der Waals surface area contributed by atoms with Crippen molar-refractivity contribution in [1.82, 2.24) is 4.90 Å². The molecule has 2 aromatic rings. The van der Waals surface area contributed by atoms with Crippen molar-refractivity contribution in [3.8, 4) is 0 Å². The van der Waals surface area contributed by atoms with E-state index in [0.29, 0.717) is 29.8 Å². The minimum absolute atomic E-state index is 0.122. The van der Waals surface area contributed by atoms with Crippen LogP contribution in [0.3, 0.4) is 0 Å². The number of carbonyl (C=O) groups is 3. The van der Waals surface area contributed by atoms with Crippen molar-refractivity contribution in [3.63, 3.8) is 0 Å². The molecule has 0 bridgehead atoms. The van der Waals surface area contributed by atoms with Crippen LogP contribution in [0.5, 0.6) is 0 Å². The molecular formula is C21H22N2O5. The van der Waals surface area contributed by atoms with E-state index < -0.39 is 12.0 Å². The van der Waals surface area contributed by atoms with E-state index in [1.807, 2.05) is 18.2 Å². The molecule has 3 rings (SSSR count). The predicted octanol–water partition coefficient (Wildman–Crippen LogP) is 2.64. The number of aliphatic carboxylic acids is 1. The number of anilines is 1. The standard InChI is InChI=1S/C21H22N2O5/c1-28-18-11-17(12-19(24)25)23(13-18)21(27)15-9-7-14(8-10-15)20(26)22-16-5-3-2-4-6-16/h2-10,17-18H,11-13H2,1H3,(H,22,26)(H,24,25). The molecular weight excluding hydrogens is 360 g/mol. The summed E-state index contributed by atoms with van der Waals surface area (Å²) in [7, 11) is 1.55. The van der Waals surface area contributed by atoms with Crippen LogP contribution >= 0.6 is 0 Å². The van der Waals surface area contributed by atoms with Gasteiger partial charge in [0.15, 0.2) is 0 Å². The summed E-state index contributed by atoms with van der Waals surface area (Å²) in [5, 5.41) is 11.9. The molecule has 2 aromatic carbocycles. The van der Waals surface area contributed by atoms with Gasteiger partial charge in [-0.3, -0.25) is 14.4 Å². The summed E-state index contributed by atoms with van der Waals surface area (Å²) in [5.74, 6) is -1.48. The molecule has 0 saturated carbocycles. The number of nitrogens with one attached hydrogen (secondary N) is 1. The minimum atomic E-state index is -0.951. The first-order valence-electron chi connectivity index (χ1n) is 9.00. The monoisotopic (exact) mass is 382 g/mol. The fourth-order valence-electron chi connectivity index (χ4n) is 3.34. The van der Waals surface area contributed by atoms with Crippen LogP contribution < -0.4 is 5.32 Å². The van der Waals surface area contributed by atoms with Crippen LogP contribution in [0.4, 0.5) is 5.69 Å². The number of hydrogen-bond donors (Lipinski definition) is 2. The van der Waals surface area contributed by atoms with Gasteiger partial charge in [-0.25, -0.2) is 0 Å². The van der Waals surface area contributed by atoms with Crippen LogP contribution in [0.15, 0.2) is 54.6 Å². The van der Waals surface area contributed by atoms with Gasteiger partial charge in [-0.2, -0.15) is 0 Å². The largest absolute Gasteiger partial charge is 0.481 e. The summed E-state index contributed by atoms with van der Waals surface area (Å²) >= 11 is 0. The van der Waals surface area contributed by atoms with Gasteiger partial charge in [-0.15, -0.1) is 0 Å². The second-order valence-electron chi connectivity index (χ2n) is 6.70. The Hall–Kier alpha value is -3.19. The van der Waals surface area contributed by atoms with E-state index in [-0.39, 0.29) is 24.3 Å². The molecule has 0 spiro atoms. The molecule has 28 heavy (non-hydrogen) atoms. The molecule has 2 atom stereocenters. The Morgan fingerprint density at radius 3 is 2.32 bits per heavy atom. The van der Waals surface area contributed by atoms with Gasteiger partial charge in [0.25, 0.3) is 11.8 Å². The molecule has 7 nitrogen and oxygen atoms in total. The lowest BCUT2D eigenvalue weighted by Crippen LogP contribution is -2.37. The number of nitrogens with zero attached hydrogens (tertiary/aromatic N) is 1. The Labute approximate surface area is 162 Å². The number of carbonyl (C=O) groups excluding carboxylic acids is 2. The molecule has 146 valence electrons. The van der Waals surface area contributed by atoms with Gasteiger partial charge in [-0.05, 0) is 42.8 Å². The number of hydrogen-bond acceptors (Lipinski definition) is 4. The summed E-state index contributed by atoms with van der Waals surface area (Å²) < 4.78 is 5.31. The second-order valence-corrected chi connectivity index (χ2v) is 6.70. The molecule has 2 amide bonds. The third kappa shape index (κ3) is 4.55. The van der Waals surface area contributed by atoms with Crippen LogP contribution in [-0.4, -0.2) is 53.6 Å². The van der Waals surface area contributed by atoms with Gasteiger partial charge in [0, 0.05) is 36.5 Å². The number of rotatable bonds is 6. The van der Waals surface area contributed by atoms with Gasteiger partial charge in [0.05, 0.1) is 12.5 Å². The van der Waals surface area contributed by atoms with E-state index in [4.69, 9.17) is 9.84 Å². The average molecular weight is 382 g/mol. The summed E-state index contributed by atoms with van der Waals surface area (Å²) in [6, 6.07) is 15.0. The Morgan fingerprint density at radius 2 is 1.71 bits per heavy atom. The molecule has 0 aromatic heterocycles. The number of likely N-dealkylation sites (tertiary alicyclic amines) is 1. The maximum Gasteiger partial charge on any atom is 0.305 e. The summed E-state index contributed by atoms with van der Waals surface area (Å²) in [4.78, 5) is 37.8. The van der Waals surface area contributed by atoms with E-state index in [1.54, 1.807) is 48.4 Å². The zero-order valence-corrected chi connectivity index (χ0v) is 15.5. The number of para-hydroxylation sites is 1. The Bertz CT molecular complexity index is 851. The topological polar surface area (TPSA) is 95.9 Å². The molecule has 1 aliphatic rings. The van der Waals surface area contributed by atoms with E-state index >= 15 is 0 Å². The number of benzene rings is 2. The second kappa shape index (κ2) is 8.67. The molecule has 1 fully saturated rings. The molecule has 1 heterocycles.